The van der Waals surface area contributed by atoms with Gasteiger partial charge in [0.1, 0.15) is 10.7 Å². The SMILES string of the molecule is CC(N)c1nc(C(=O)C2CC2c2ccccc2)cs1. The molecule has 19 heavy (non-hydrogen) atoms. The third-order valence-electron chi connectivity index (χ3n) is 3.52. The molecule has 3 rings (SSSR count). The summed E-state index contributed by atoms with van der Waals surface area (Å²) in [6, 6.07) is 10.1. The molecule has 0 bridgehead atoms. The summed E-state index contributed by atoms with van der Waals surface area (Å²) < 4.78 is 0. The van der Waals surface area contributed by atoms with E-state index in [-0.39, 0.29) is 17.7 Å². The standard InChI is InChI=1S/C15H16N2OS/c1-9(16)15-17-13(8-19-15)14(18)12-7-11(12)10-5-3-2-4-6-10/h2-6,8-9,11-12H,7,16H2,1H3. The highest BCUT2D eigenvalue weighted by atomic mass is 32.1. The minimum atomic E-state index is -0.101. The highest BCUT2D eigenvalue weighted by molar-refractivity contribution is 7.09. The van der Waals surface area contributed by atoms with Crippen LogP contribution in [0.2, 0.25) is 0 Å². The first kappa shape index (κ1) is 12.5. The van der Waals surface area contributed by atoms with E-state index < -0.39 is 0 Å². The average molecular weight is 272 g/mol. The van der Waals surface area contributed by atoms with Crippen molar-refractivity contribution in [2.24, 2.45) is 11.7 Å². The number of hydrogen-bond donors (Lipinski definition) is 1. The molecule has 2 N–H and O–H groups in total. The fourth-order valence-electron chi connectivity index (χ4n) is 2.35. The Morgan fingerprint density at radius 1 is 1.42 bits per heavy atom. The molecule has 0 aliphatic heterocycles. The number of rotatable bonds is 4. The monoisotopic (exact) mass is 272 g/mol. The molecule has 1 aromatic heterocycles. The fraction of sp³-hybridized carbons (Fsp3) is 0.333. The third-order valence-corrected chi connectivity index (χ3v) is 4.56. The van der Waals surface area contributed by atoms with E-state index in [4.69, 9.17) is 5.73 Å². The number of nitrogens with zero attached hydrogens (tertiary/aromatic N) is 1. The molecule has 1 aromatic carbocycles. The van der Waals surface area contributed by atoms with Gasteiger partial charge in [-0.25, -0.2) is 4.98 Å². The van der Waals surface area contributed by atoms with Crippen LogP contribution in [0.15, 0.2) is 35.7 Å². The van der Waals surface area contributed by atoms with Crippen LogP contribution in [0.25, 0.3) is 0 Å². The normalized spacial score (nSPS) is 23.1. The largest absolute Gasteiger partial charge is 0.322 e. The minimum absolute atomic E-state index is 0.101. The maximum absolute atomic E-state index is 12.3. The van der Waals surface area contributed by atoms with E-state index in [0.29, 0.717) is 11.6 Å². The molecule has 1 saturated carbocycles. The Kier molecular flexibility index (Phi) is 3.21. The van der Waals surface area contributed by atoms with Gasteiger partial charge in [0.15, 0.2) is 5.78 Å². The van der Waals surface area contributed by atoms with Crippen molar-refractivity contribution in [2.75, 3.05) is 0 Å². The molecular weight excluding hydrogens is 256 g/mol. The Bertz CT molecular complexity index is 591. The minimum Gasteiger partial charge on any atom is -0.322 e. The van der Waals surface area contributed by atoms with Gasteiger partial charge in [-0.05, 0) is 24.8 Å². The lowest BCUT2D eigenvalue weighted by molar-refractivity contribution is 0.0961. The van der Waals surface area contributed by atoms with Crippen molar-refractivity contribution >= 4 is 17.1 Å². The Morgan fingerprint density at radius 3 is 2.79 bits per heavy atom. The van der Waals surface area contributed by atoms with Crippen LogP contribution < -0.4 is 5.73 Å². The summed E-state index contributed by atoms with van der Waals surface area (Å²) in [5.74, 6) is 0.636. The van der Waals surface area contributed by atoms with Crippen LogP contribution in [-0.2, 0) is 0 Å². The van der Waals surface area contributed by atoms with Gasteiger partial charge < -0.3 is 5.73 Å². The number of nitrogens with two attached hydrogens (primary N) is 1. The van der Waals surface area contributed by atoms with E-state index in [1.807, 2.05) is 30.5 Å². The maximum atomic E-state index is 12.3. The van der Waals surface area contributed by atoms with Crippen molar-refractivity contribution < 1.29 is 4.79 Å². The quantitative estimate of drug-likeness (QED) is 0.870. The molecule has 3 nitrogen and oxygen atoms in total. The summed E-state index contributed by atoms with van der Waals surface area (Å²) in [6.45, 7) is 1.89. The predicted molar refractivity (Wildman–Crippen MR) is 76.3 cm³/mol. The number of ketones is 1. The van der Waals surface area contributed by atoms with E-state index in [1.165, 1.54) is 16.9 Å². The van der Waals surface area contributed by atoms with Gasteiger partial charge in [0, 0.05) is 11.3 Å². The van der Waals surface area contributed by atoms with Crippen LogP contribution in [0.5, 0.6) is 0 Å². The molecule has 1 fully saturated rings. The van der Waals surface area contributed by atoms with Crippen LogP contribution in [0.3, 0.4) is 0 Å². The number of carbonyl (C=O) groups excluding carboxylic acids is 1. The number of thiazole rings is 1. The molecule has 3 atom stereocenters. The second kappa shape index (κ2) is 4.87. The highest BCUT2D eigenvalue weighted by Gasteiger charge is 2.44. The molecule has 0 saturated heterocycles. The number of carbonyl (C=O) groups is 1. The Hall–Kier alpha value is -1.52. The first-order valence-electron chi connectivity index (χ1n) is 6.47. The molecule has 3 unspecified atom stereocenters. The van der Waals surface area contributed by atoms with Gasteiger partial charge in [0.05, 0.1) is 6.04 Å². The van der Waals surface area contributed by atoms with Gasteiger partial charge in [0.25, 0.3) is 0 Å². The van der Waals surface area contributed by atoms with Crippen molar-refractivity contribution in [3.05, 3.63) is 52.0 Å². The first-order valence-corrected chi connectivity index (χ1v) is 7.35. The molecule has 98 valence electrons. The zero-order valence-electron chi connectivity index (χ0n) is 10.7. The van der Waals surface area contributed by atoms with Crippen LogP contribution in [0.1, 0.15) is 46.4 Å². The van der Waals surface area contributed by atoms with E-state index in [2.05, 4.69) is 17.1 Å². The van der Waals surface area contributed by atoms with E-state index in [9.17, 15) is 4.79 Å². The van der Waals surface area contributed by atoms with Crippen molar-refractivity contribution in [2.45, 2.75) is 25.3 Å². The molecule has 1 heterocycles. The van der Waals surface area contributed by atoms with E-state index in [1.54, 1.807) is 0 Å². The van der Waals surface area contributed by atoms with Crippen LogP contribution in [0, 0.1) is 5.92 Å². The van der Waals surface area contributed by atoms with Gasteiger partial charge in [-0.1, -0.05) is 30.3 Å². The molecular formula is C15H16N2OS. The molecule has 0 spiro atoms. The Morgan fingerprint density at radius 2 is 2.16 bits per heavy atom. The van der Waals surface area contributed by atoms with Gasteiger partial charge in [-0.2, -0.15) is 0 Å². The molecule has 2 aromatic rings. The molecule has 0 amide bonds. The second-order valence-corrected chi connectivity index (χ2v) is 5.97. The van der Waals surface area contributed by atoms with Gasteiger partial charge >= 0.3 is 0 Å². The summed E-state index contributed by atoms with van der Waals surface area (Å²) in [4.78, 5) is 16.7. The summed E-state index contributed by atoms with van der Waals surface area (Å²) in [7, 11) is 0. The number of aromatic nitrogens is 1. The number of Topliss-reactive ketones (excluding diaryl/α,β-unsaturated/α-hetero) is 1. The fourth-order valence-corrected chi connectivity index (χ4v) is 3.12. The van der Waals surface area contributed by atoms with Crippen molar-refractivity contribution in [1.29, 1.82) is 0 Å². The topological polar surface area (TPSA) is 56.0 Å². The smallest absolute Gasteiger partial charge is 0.185 e. The Balaban J connectivity index is 1.72. The third kappa shape index (κ3) is 2.46. The van der Waals surface area contributed by atoms with Crippen LogP contribution >= 0.6 is 11.3 Å². The molecule has 1 aliphatic carbocycles. The van der Waals surface area contributed by atoms with E-state index >= 15 is 0 Å². The summed E-state index contributed by atoms with van der Waals surface area (Å²) in [6.07, 6.45) is 0.938. The summed E-state index contributed by atoms with van der Waals surface area (Å²) >= 11 is 1.47. The second-order valence-electron chi connectivity index (χ2n) is 5.08. The summed E-state index contributed by atoms with van der Waals surface area (Å²) in [5.41, 5.74) is 7.61. The van der Waals surface area contributed by atoms with Crippen LogP contribution in [0.4, 0.5) is 0 Å². The Labute approximate surface area is 116 Å². The maximum Gasteiger partial charge on any atom is 0.185 e. The zero-order valence-corrected chi connectivity index (χ0v) is 11.6. The lowest BCUT2D eigenvalue weighted by Crippen LogP contribution is -2.07. The predicted octanol–water partition coefficient (Wildman–Crippen LogP) is 3.15. The van der Waals surface area contributed by atoms with Crippen molar-refractivity contribution in [1.82, 2.24) is 4.98 Å². The van der Waals surface area contributed by atoms with Gasteiger partial charge in [0.2, 0.25) is 0 Å². The zero-order chi connectivity index (χ0) is 13.4. The molecule has 0 radical (unpaired) electrons. The van der Waals surface area contributed by atoms with Gasteiger partial charge in [-0.3, -0.25) is 4.79 Å². The number of benzene rings is 1. The lowest BCUT2D eigenvalue weighted by Gasteiger charge is -1.99. The van der Waals surface area contributed by atoms with Crippen LogP contribution in [-0.4, -0.2) is 10.8 Å². The van der Waals surface area contributed by atoms with E-state index in [0.717, 1.165) is 11.4 Å². The first-order chi connectivity index (χ1) is 9.16. The van der Waals surface area contributed by atoms with Crippen molar-refractivity contribution in [3.63, 3.8) is 0 Å². The summed E-state index contributed by atoms with van der Waals surface area (Å²) in [5, 5.41) is 2.67. The lowest BCUT2D eigenvalue weighted by atomic mass is 10.1. The average Bonchev–Trinajstić information content (AvgIpc) is 3.06. The number of hydrogen-bond acceptors (Lipinski definition) is 4. The van der Waals surface area contributed by atoms with Crippen molar-refractivity contribution in [3.8, 4) is 0 Å². The highest BCUT2D eigenvalue weighted by Crippen LogP contribution is 2.49. The van der Waals surface area contributed by atoms with Gasteiger partial charge in [-0.15, -0.1) is 11.3 Å². The molecule has 4 heteroatoms. The molecule has 1 aliphatic rings.